The fourth-order valence-corrected chi connectivity index (χ4v) is 12.3. The van der Waals surface area contributed by atoms with E-state index in [9.17, 15) is 9.59 Å². The van der Waals surface area contributed by atoms with Gasteiger partial charge < -0.3 is 33.5 Å². The number of Topliss-reactive ketones (excluding diaryl/α,β-unsaturated/α-hetero) is 1. The van der Waals surface area contributed by atoms with E-state index in [2.05, 4.69) is 44.2 Å². The van der Waals surface area contributed by atoms with E-state index in [1.54, 1.807) is 29.6 Å². The van der Waals surface area contributed by atoms with Crippen LogP contribution in [-0.2, 0) is 41.3 Å². The maximum Gasteiger partial charge on any atom is 0.348 e. The van der Waals surface area contributed by atoms with Crippen molar-refractivity contribution < 1.29 is 43.1 Å². The summed E-state index contributed by atoms with van der Waals surface area (Å²) < 4.78 is 32.6. The minimum atomic E-state index is -0.341. The lowest BCUT2D eigenvalue weighted by Gasteiger charge is -2.09. The number of aliphatic hydroxyl groups is 1. The van der Waals surface area contributed by atoms with Gasteiger partial charge in [0.2, 0.25) is 0 Å². The molecule has 0 spiro atoms. The van der Waals surface area contributed by atoms with Crippen molar-refractivity contribution in [2.24, 2.45) is 0 Å². The molecule has 0 aliphatic heterocycles. The molecule has 1 N–H and O–H groups in total. The molecule has 0 fully saturated rings. The van der Waals surface area contributed by atoms with Gasteiger partial charge in [-0.15, -0.1) is 56.7 Å². The van der Waals surface area contributed by atoms with Crippen LogP contribution in [0.4, 0.5) is 0 Å². The molecule has 0 aromatic carbocycles. The van der Waals surface area contributed by atoms with Crippen LogP contribution in [0.1, 0.15) is 103 Å². The minimum Gasteiger partial charge on any atom is -0.459 e. The Labute approximate surface area is 382 Å². The zero-order valence-electron chi connectivity index (χ0n) is 35.9. The normalized spacial score (nSPS) is 11.5. The Bertz CT molecular complexity index is 2000. The second-order valence-corrected chi connectivity index (χ2v) is 19.8. The number of esters is 1. The van der Waals surface area contributed by atoms with Crippen LogP contribution in [-0.4, -0.2) is 96.1 Å². The number of ether oxygens (including phenoxy) is 6. The Morgan fingerprint density at radius 2 is 0.852 bits per heavy atom. The molecule has 334 valence electrons. The molecule has 0 saturated heterocycles. The molecule has 5 rings (SSSR count). The topological polar surface area (TPSA) is 110 Å². The van der Waals surface area contributed by atoms with E-state index in [1.165, 1.54) is 98.2 Å². The number of hydrogen-bond donors (Lipinski definition) is 1. The van der Waals surface area contributed by atoms with Gasteiger partial charge in [-0.25, -0.2) is 4.79 Å². The summed E-state index contributed by atoms with van der Waals surface area (Å²) in [6, 6.07) is 16.9. The molecule has 0 radical (unpaired) electrons. The third kappa shape index (κ3) is 16.2. The molecule has 0 aliphatic rings. The standard InChI is InChI=1S/C47H62O9S5/c1-4-6-8-10-12-35-36(13-11-9-7-5-2)46(61-45(35)42-19-16-39(58-42)38-15-14-37(57-38)34(3)49)43-20-17-40(59-43)41-18-21-44(60-41)47(50)56-33-32-55-31-30-54-29-28-53-27-26-52-25-24-51-23-22-48/h14-21,48H,4-13,22-33H2,1-3H3. The van der Waals surface area contributed by atoms with Crippen molar-refractivity contribution >= 4 is 68.4 Å². The quantitative estimate of drug-likeness (QED) is 0.0250. The summed E-state index contributed by atoms with van der Waals surface area (Å²) in [5.74, 6) is -0.226. The van der Waals surface area contributed by atoms with Gasteiger partial charge in [0.15, 0.2) is 5.78 Å². The summed E-state index contributed by atoms with van der Waals surface area (Å²) >= 11 is 8.63. The van der Waals surface area contributed by atoms with Gasteiger partial charge in [-0.05, 0) is 92.3 Å². The van der Waals surface area contributed by atoms with E-state index in [-0.39, 0.29) is 25.0 Å². The van der Waals surface area contributed by atoms with Crippen molar-refractivity contribution in [2.75, 3.05) is 79.3 Å². The lowest BCUT2D eigenvalue weighted by atomic mass is 9.96. The zero-order valence-corrected chi connectivity index (χ0v) is 40.0. The highest BCUT2D eigenvalue weighted by Crippen LogP contribution is 2.50. The van der Waals surface area contributed by atoms with Crippen LogP contribution < -0.4 is 0 Å². The van der Waals surface area contributed by atoms with Crippen molar-refractivity contribution in [1.29, 1.82) is 0 Å². The summed E-state index contributed by atoms with van der Waals surface area (Å²) in [5, 5.41) is 8.67. The van der Waals surface area contributed by atoms with E-state index in [0.29, 0.717) is 70.9 Å². The molecule has 0 bridgehead atoms. The Morgan fingerprint density at radius 3 is 1.30 bits per heavy atom. The molecule has 5 aromatic rings. The highest BCUT2D eigenvalue weighted by Gasteiger charge is 2.23. The number of carbonyl (C=O) groups is 2. The maximum absolute atomic E-state index is 13.0. The van der Waals surface area contributed by atoms with Crippen molar-refractivity contribution in [1.82, 2.24) is 0 Å². The largest absolute Gasteiger partial charge is 0.459 e. The van der Waals surface area contributed by atoms with Crippen LogP contribution in [0.2, 0.25) is 0 Å². The number of ketones is 1. The summed E-state index contributed by atoms with van der Waals surface area (Å²) in [6.45, 7) is 10.6. The molecule has 0 amide bonds. The Hall–Kier alpha value is -2.60. The van der Waals surface area contributed by atoms with Gasteiger partial charge in [-0.1, -0.05) is 52.4 Å². The van der Waals surface area contributed by atoms with Crippen LogP contribution in [0.5, 0.6) is 0 Å². The molecule has 61 heavy (non-hydrogen) atoms. The average Bonchev–Trinajstić information content (AvgIpc) is 4.12. The van der Waals surface area contributed by atoms with Crippen molar-refractivity contribution in [3.63, 3.8) is 0 Å². The third-order valence-electron chi connectivity index (χ3n) is 9.77. The first-order valence-corrected chi connectivity index (χ1v) is 25.7. The predicted molar refractivity (Wildman–Crippen MR) is 255 cm³/mol. The first kappa shape index (κ1) is 49.4. The summed E-state index contributed by atoms with van der Waals surface area (Å²) in [6.07, 6.45) is 12.0. The monoisotopic (exact) mass is 930 g/mol. The third-order valence-corrected chi connectivity index (χ3v) is 16.2. The SMILES string of the molecule is CCCCCCc1c(-c2ccc(-c3ccc(C(C)=O)s3)s2)sc(-c2ccc(-c3ccc(C(=O)OCCOCCOCCOCCOCCOCCO)s3)s2)c1CCCCCC. The van der Waals surface area contributed by atoms with Crippen LogP contribution in [0.3, 0.4) is 0 Å². The van der Waals surface area contributed by atoms with Crippen LogP contribution in [0, 0.1) is 0 Å². The fourth-order valence-electron chi connectivity index (χ4n) is 6.62. The van der Waals surface area contributed by atoms with E-state index in [0.717, 1.165) is 32.4 Å². The molecule has 0 aliphatic carbocycles. The van der Waals surface area contributed by atoms with Gasteiger partial charge in [-0.2, -0.15) is 0 Å². The van der Waals surface area contributed by atoms with Crippen molar-refractivity contribution in [3.05, 3.63) is 69.4 Å². The average molecular weight is 931 g/mol. The predicted octanol–water partition coefficient (Wildman–Crippen LogP) is 12.3. The van der Waals surface area contributed by atoms with Crippen molar-refractivity contribution in [2.45, 2.75) is 85.0 Å². The highest BCUT2D eigenvalue weighted by molar-refractivity contribution is 7.30. The molecule has 9 nitrogen and oxygen atoms in total. The van der Waals surface area contributed by atoms with Gasteiger partial charge in [0, 0.05) is 39.0 Å². The minimum absolute atomic E-state index is 0.0125. The summed E-state index contributed by atoms with van der Waals surface area (Å²) in [4.78, 5) is 36.3. The Kier molecular flexibility index (Phi) is 22.9. The van der Waals surface area contributed by atoms with Gasteiger partial charge in [0.1, 0.15) is 11.5 Å². The number of carbonyl (C=O) groups excluding carboxylic acids is 2. The van der Waals surface area contributed by atoms with Crippen LogP contribution in [0.25, 0.3) is 39.0 Å². The smallest absolute Gasteiger partial charge is 0.348 e. The van der Waals surface area contributed by atoms with Crippen LogP contribution >= 0.6 is 56.7 Å². The molecule has 5 aromatic heterocycles. The molecule has 0 saturated carbocycles. The van der Waals surface area contributed by atoms with Crippen LogP contribution in [0.15, 0.2) is 48.5 Å². The maximum atomic E-state index is 13.0. The molecular formula is C47H62O9S5. The molecule has 5 heterocycles. The van der Waals surface area contributed by atoms with Gasteiger partial charge >= 0.3 is 5.97 Å². The molecular weight excluding hydrogens is 869 g/mol. The van der Waals surface area contributed by atoms with Crippen molar-refractivity contribution in [3.8, 4) is 39.0 Å². The number of aliphatic hydroxyl groups excluding tert-OH is 1. The molecule has 0 unspecified atom stereocenters. The van der Waals surface area contributed by atoms with Gasteiger partial charge in [0.05, 0.1) is 77.6 Å². The fraction of sp³-hybridized carbons (Fsp3) is 0.532. The second kappa shape index (κ2) is 28.2. The number of thiophene rings is 5. The van der Waals surface area contributed by atoms with E-state index in [1.807, 2.05) is 40.9 Å². The Morgan fingerprint density at radius 1 is 0.459 bits per heavy atom. The van der Waals surface area contributed by atoms with Gasteiger partial charge in [-0.3, -0.25) is 4.79 Å². The highest BCUT2D eigenvalue weighted by atomic mass is 32.1. The van der Waals surface area contributed by atoms with E-state index in [4.69, 9.17) is 33.5 Å². The summed E-state index contributed by atoms with van der Waals surface area (Å²) in [5.41, 5.74) is 3.03. The number of hydrogen-bond acceptors (Lipinski definition) is 14. The lowest BCUT2D eigenvalue weighted by molar-refractivity contribution is -0.0167. The summed E-state index contributed by atoms with van der Waals surface area (Å²) in [7, 11) is 0. The molecule has 0 atom stereocenters. The van der Waals surface area contributed by atoms with Gasteiger partial charge in [0.25, 0.3) is 0 Å². The lowest BCUT2D eigenvalue weighted by Crippen LogP contribution is -2.15. The number of rotatable bonds is 33. The molecule has 14 heteroatoms. The Balaban J connectivity index is 1.16. The number of unbranched alkanes of at least 4 members (excludes halogenated alkanes) is 6. The van der Waals surface area contributed by atoms with E-state index >= 15 is 0 Å². The second-order valence-electron chi connectivity index (χ2n) is 14.5. The zero-order chi connectivity index (χ0) is 43.1. The first-order valence-electron chi connectivity index (χ1n) is 21.7. The first-order chi connectivity index (χ1) is 29.9. The van der Waals surface area contributed by atoms with E-state index < -0.39 is 0 Å².